The Hall–Kier alpha value is -1.78. The van der Waals surface area contributed by atoms with Gasteiger partial charge >= 0.3 is 18.4 Å². The molecule has 0 aliphatic carbocycles. The molecule has 0 fully saturated rings. The van der Waals surface area contributed by atoms with E-state index in [-0.39, 0.29) is 12.5 Å². The van der Waals surface area contributed by atoms with E-state index in [4.69, 9.17) is 5.11 Å². The number of carbonyl (C=O) groups is 1. The maximum atomic E-state index is 13.1. The Morgan fingerprint density at radius 3 is 2.33 bits per heavy atom. The maximum absolute atomic E-state index is 13.1. The SMILES string of the molecule is O=C(O)c1cn(C(F)(F)C(F)OC(F)(F)F)cn1. The lowest BCUT2D eigenvalue weighted by molar-refractivity contribution is -0.399. The zero-order chi connectivity index (χ0) is 14.1. The topological polar surface area (TPSA) is 64.3 Å². The summed E-state index contributed by atoms with van der Waals surface area (Å²) in [6, 6.07) is -4.75. The van der Waals surface area contributed by atoms with Gasteiger partial charge in [-0.05, 0) is 0 Å². The molecule has 0 saturated heterocycles. The second kappa shape index (κ2) is 4.48. The van der Waals surface area contributed by atoms with Crippen LogP contribution in [0.25, 0.3) is 0 Å². The molecule has 11 heteroatoms. The molecule has 0 aliphatic rings. The van der Waals surface area contributed by atoms with Gasteiger partial charge < -0.3 is 5.11 Å². The van der Waals surface area contributed by atoms with Crippen molar-refractivity contribution in [1.29, 1.82) is 0 Å². The minimum atomic E-state index is -5.60. The van der Waals surface area contributed by atoms with E-state index in [1.807, 2.05) is 0 Å². The molecule has 0 radical (unpaired) electrons. The van der Waals surface area contributed by atoms with Crippen molar-refractivity contribution in [2.24, 2.45) is 0 Å². The number of imidazole rings is 1. The van der Waals surface area contributed by atoms with E-state index in [2.05, 4.69) is 9.72 Å². The number of rotatable bonds is 4. The van der Waals surface area contributed by atoms with Gasteiger partial charge in [-0.1, -0.05) is 0 Å². The zero-order valence-electron chi connectivity index (χ0n) is 8.16. The molecule has 0 amide bonds. The molecule has 102 valence electrons. The van der Waals surface area contributed by atoms with Gasteiger partial charge in [0.05, 0.1) is 0 Å². The van der Waals surface area contributed by atoms with Crippen LogP contribution in [0.1, 0.15) is 10.5 Å². The standard InChI is InChI=1S/C7H4F6N2O3/c8-5(18-7(11,12)13)6(9,10)15-1-3(4(16)17)14-2-15/h1-2,5H,(H,16,17). The van der Waals surface area contributed by atoms with E-state index >= 15 is 0 Å². The van der Waals surface area contributed by atoms with Gasteiger partial charge in [-0.25, -0.2) is 18.9 Å². The van der Waals surface area contributed by atoms with Crippen molar-refractivity contribution in [3.8, 4) is 0 Å². The van der Waals surface area contributed by atoms with E-state index < -0.39 is 35.0 Å². The molecule has 0 saturated carbocycles. The molecule has 1 N–H and O–H groups in total. The van der Waals surface area contributed by atoms with Crippen LogP contribution in [0.5, 0.6) is 0 Å². The molecular weight excluding hydrogens is 274 g/mol. The Bertz CT molecular complexity index is 443. The Morgan fingerprint density at radius 1 is 1.39 bits per heavy atom. The van der Waals surface area contributed by atoms with Crippen LogP contribution < -0.4 is 0 Å². The zero-order valence-corrected chi connectivity index (χ0v) is 8.16. The first-order valence-electron chi connectivity index (χ1n) is 4.08. The minimum Gasteiger partial charge on any atom is -0.476 e. The van der Waals surface area contributed by atoms with Crippen LogP contribution in [0.4, 0.5) is 26.3 Å². The summed E-state index contributed by atoms with van der Waals surface area (Å²) in [5.41, 5.74) is -0.881. The van der Waals surface area contributed by atoms with Crippen LogP contribution >= 0.6 is 0 Å². The normalized spacial score (nSPS) is 14.6. The number of hydrogen-bond acceptors (Lipinski definition) is 3. The molecule has 18 heavy (non-hydrogen) atoms. The fourth-order valence-electron chi connectivity index (χ4n) is 0.902. The lowest BCUT2D eigenvalue weighted by Gasteiger charge is -2.22. The average molecular weight is 278 g/mol. The van der Waals surface area contributed by atoms with Crippen molar-refractivity contribution in [2.75, 3.05) is 0 Å². The first-order valence-corrected chi connectivity index (χ1v) is 4.08. The highest BCUT2D eigenvalue weighted by Crippen LogP contribution is 2.33. The number of ether oxygens (including phenoxy) is 1. The molecule has 0 aromatic carbocycles. The molecule has 0 bridgehead atoms. The predicted molar refractivity (Wildman–Crippen MR) is 41.4 cm³/mol. The lowest BCUT2D eigenvalue weighted by Crippen LogP contribution is -2.38. The third kappa shape index (κ3) is 3.12. The monoisotopic (exact) mass is 278 g/mol. The lowest BCUT2D eigenvalue weighted by atomic mass is 10.5. The quantitative estimate of drug-likeness (QED) is 0.855. The predicted octanol–water partition coefficient (Wildman–Crippen LogP) is 1.96. The summed E-state index contributed by atoms with van der Waals surface area (Å²) in [6.07, 6.45) is -9.28. The van der Waals surface area contributed by atoms with Gasteiger partial charge in [0.1, 0.15) is 6.33 Å². The van der Waals surface area contributed by atoms with Gasteiger partial charge in [0.2, 0.25) is 0 Å². The van der Waals surface area contributed by atoms with E-state index in [1.54, 1.807) is 0 Å². The third-order valence-corrected chi connectivity index (χ3v) is 1.66. The van der Waals surface area contributed by atoms with Crippen LogP contribution in [0.3, 0.4) is 0 Å². The molecule has 0 spiro atoms. The number of carboxylic acid groups (broad SMARTS) is 1. The summed E-state index contributed by atoms with van der Waals surface area (Å²) in [5.74, 6) is -1.70. The van der Waals surface area contributed by atoms with Gasteiger partial charge in [0.15, 0.2) is 5.69 Å². The number of nitrogens with zero attached hydrogens (tertiary/aromatic N) is 2. The smallest absolute Gasteiger partial charge is 0.476 e. The molecule has 1 rings (SSSR count). The summed E-state index contributed by atoms with van der Waals surface area (Å²) < 4.78 is 75.7. The van der Waals surface area contributed by atoms with Crippen molar-refractivity contribution >= 4 is 5.97 Å². The van der Waals surface area contributed by atoms with Crippen LogP contribution in [-0.4, -0.2) is 33.3 Å². The summed E-state index contributed by atoms with van der Waals surface area (Å²) in [7, 11) is 0. The first-order chi connectivity index (χ1) is 8.04. The molecule has 0 aliphatic heterocycles. The number of aromatic nitrogens is 2. The second-order valence-corrected chi connectivity index (χ2v) is 2.94. The van der Waals surface area contributed by atoms with E-state index in [1.165, 1.54) is 0 Å². The minimum absolute atomic E-state index is 0.175. The summed E-state index contributed by atoms with van der Waals surface area (Å²) in [5, 5.41) is 8.36. The Kier molecular flexibility index (Phi) is 3.55. The Morgan fingerprint density at radius 2 is 1.94 bits per heavy atom. The fourth-order valence-corrected chi connectivity index (χ4v) is 0.902. The highest BCUT2D eigenvalue weighted by Gasteiger charge is 2.49. The van der Waals surface area contributed by atoms with Gasteiger partial charge in [0.25, 0.3) is 6.36 Å². The van der Waals surface area contributed by atoms with Crippen molar-refractivity contribution in [2.45, 2.75) is 18.8 Å². The molecule has 1 aromatic rings. The number of hydrogen-bond donors (Lipinski definition) is 1. The Balaban J connectivity index is 2.93. The van der Waals surface area contributed by atoms with Crippen LogP contribution in [0, 0.1) is 0 Å². The fraction of sp³-hybridized carbons (Fsp3) is 0.429. The molecule has 1 unspecified atom stereocenters. The van der Waals surface area contributed by atoms with Crippen LogP contribution in [-0.2, 0) is 10.8 Å². The largest absolute Gasteiger partial charge is 0.525 e. The van der Waals surface area contributed by atoms with Gasteiger partial charge in [-0.3, -0.25) is 4.57 Å². The van der Waals surface area contributed by atoms with E-state index in [9.17, 15) is 31.1 Å². The van der Waals surface area contributed by atoms with Gasteiger partial charge in [-0.15, -0.1) is 13.2 Å². The summed E-state index contributed by atoms with van der Waals surface area (Å²) >= 11 is 0. The number of carboxylic acids is 1. The molecule has 1 atom stereocenters. The highest BCUT2D eigenvalue weighted by molar-refractivity contribution is 5.84. The number of halogens is 6. The molecule has 1 heterocycles. The number of aromatic carboxylic acids is 1. The van der Waals surface area contributed by atoms with Crippen molar-refractivity contribution < 1.29 is 41.0 Å². The van der Waals surface area contributed by atoms with Crippen molar-refractivity contribution in [1.82, 2.24) is 9.55 Å². The van der Waals surface area contributed by atoms with Gasteiger partial charge in [-0.2, -0.15) is 8.78 Å². The third-order valence-electron chi connectivity index (χ3n) is 1.66. The first kappa shape index (κ1) is 14.3. The van der Waals surface area contributed by atoms with E-state index in [0.29, 0.717) is 0 Å². The second-order valence-electron chi connectivity index (χ2n) is 2.94. The average Bonchev–Trinajstić information content (AvgIpc) is 2.63. The summed E-state index contributed by atoms with van der Waals surface area (Å²) in [4.78, 5) is 13.3. The highest BCUT2D eigenvalue weighted by atomic mass is 19.4. The van der Waals surface area contributed by atoms with Crippen molar-refractivity contribution in [3.63, 3.8) is 0 Å². The molecule has 1 aromatic heterocycles. The van der Waals surface area contributed by atoms with Crippen LogP contribution in [0.2, 0.25) is 0 Å². The van der Waals surface area contributed by atoms with E-state index in [0.717, 1.165) is 0 Å². The number of alkyl halides is 6. The Labute approximate surface area is 94.6 Å². The van der Waals surface area contributed by atoms with Gasteiger partial charge in [0, 0.05) is 6.20 Å². The summed E-state index contributed by atoms with van der Waals surface area (Å²) in [6.45, 7) is 0. The van der Waals surface area contributed by atoms with Crippen LogP contribution in [0.15, 0.2) is 12.5 Å². The maximum Gasteiger partial charge on any atom is 0.525 e. The molecule has 5 nitrogen and oxygen atoms in total. The van der Waals surface area contributed by atoms with Crippen molar-refractivity contribution in [3.05, 3.63) is 18.2 Å². The molecular formula is C7H4F6N2O3.